The second-order valence-electron chi connectivity index (χ2n) is 15.4. The summed E-state index contributed by atoms with van der Waals surface area (Å²) in [5.41, 5.74) is 16.2. The molecule has 1 atom stereocenters. The summed E-state index contributed by atoms with van der Waals surface area (Å²) in [6.07, 6.45) is 0.483. The molecule has 57 heavy (non-hydrogen) atoms. The number of benzene rings is 3. The van der Waals surface area contributed by atoms with E-state index in [9.17, 15) is 36.3 Å². The number of nitrogens with two attached hydrogens (primary N) is 2. The second kappa shape index (κ2) is 17.1. The van der Waals surface area contributed by atoms with Crippen LogP contribution in [-0.4, -0.2) is 58.5 Å². The van der Waals surface area contributed by atoms with Crippen molar-refractivity contribution in [2.24, 2.45) is 23.3 Å². The summed E-state index contributed by atoms with van der Waals surface area (Å²) in [5, 5.41) is 8.71. The van der Waals surface area contributed by atoms with Crippen LogP contribution in [0.1, 0.15) is 85.6 Å². The van der Waals surface area contributed by atoms with Gasteiger partial charge in [-0.2, -0.15) is 22.0 Å². The van der Waals surface area contributed by atoms with Gasteiger partial charge in [0.25, 0.3) is 5.91 Å². The van der Waals surface area contributed by atoms with Gasteiger partial charge in [0.15, 0.2) is 5.82 Å². The number of anilines is 1. The normalized spacial score (nSPS) is 20.8. The van der Waals surface area contributed by atoms with Crippen LogP contribution >= 0.6 is 0 Å². The number of rotatable bonds is 12. The number of hydrogen-bond acceptors (Lipinski definition) is 6. The van der Waals surface area contributed by atoms with Crippen LogP contribution in [0.3, 0.4) is 0 Å². The van der Waals surface area contributed by atoms with Crippen molar-refractivity contribution in [3.63, 3.8) is 0 Å². The lowest BCUT2D eigenvalue weighted by Gasteiger charge is -2.28. The predicted molar refractivity (Wildman–Crippen MR) is 209 cm³/mol. The van der Waals surface area contributed by atoms with Crippen molar-refractivity contribution in [3.8, 4) is 11.1 Å². The highest BCUT2D eigenvalue weighted by molar-refractivity contribution is 5.99. The third kappa shape index (κ3) is 9.70. The number of nitrogens with one attached hydrogen (secondary N) is 4. The van der Waals surface area contributed by atoms with E-state index < -0.39 is 29.9 Å². The average Bonchev–Trinajstić information content (AvgIpc) is 3.62. The first-order valence-electron chi connectivity index (χ1n) is 19.2. The largest absolute Gasteiger partial charge is 0.461 e. The maximum absolute atomic E-state index is 14.0. The Hall–Kier alpha value is -5.15. The van der Waals surface area contributed by atoms with Gasteiger partial charge in [-0.1, -0.05) is 42.5 Å². The first kappa shape index (κ1) is 41.5. The summed E-state index contributed by atoms with van der Waals surface area (Å²) in [6, 6.07) is 15.9. The van der Waals surface area contributed by atoms with Gasteiger partial charge < -0.3 is 32.4 Å². The number of hydrogen-bond donors (Lipinski definition) is 6. The van der Waals surface area contributed by atoms with Gasteiger partial charge in [-0.3, -0.25) is 14.4 Å². The highest BCUT2D eigenvalue weighted by Gasteiger charge is 2.61. The maximum atomic E-state index is 14.0. The van der Waals surface area contributed by atoms with E-state index in [0.29, 0.717) is 36.4 Å². The van der Waals surface area contributed by atoms with Crippen molar-refractivity contribution in [3.05, 3.63) is 89.8 Å². The van der Waals surface area contributed by atoms with E-state index >= 15 is 0 Å². The summed E-state index contributed by atoms with van der Waals surface area (Å²) in [4.78, 5) is 45.9. The smallest absolute Gasteiger partial charge is 0.349 e. The fraction of sp³-hybridized carbons (Fsp3) is 0.429. The monoisotopic (exact) mass is 793 g/mol. The lowest BCUT2D eigenvalue weighted by Crippen LogP contribution is -2.48. The highest BCUT2D eigenvalue weighted by Crippen LogP contribution is 2.43. The molecule has 3 aromatic carbocycles. The van der Waals surface area contributed by atoms with Crippen LogP contribution in [0.5, 0.6) is 0 Å². The Labute approximate surface area is 327 Å². The molecule has 0 spiro atoms. The zero-order chi connectivity index (χ0) is 41.1. The van der Waals surface area contributed by atoms with Crippen molar-refractivity contribution in [1.29, 1.82) is 0 Å². The molecule has 0 aliphatic heterocycles. The standard InChI is InChI=1S/C42H48F5N7O3/c1-23(2)33-20-28(38(56)50-30-14-12-29(49)13-15-30)11-17-32(33)26-7-3-24(4-8-26)19-36(52-37(55)27-9-5-25(22-48)6-10-27)39(57)51-31-16-18-34-35(21-31)54-40(53-34)41(43,44)42(45,46)47/h3-4,7-8,11,16-18,20-21,25,27,29-30,36H,1,5-6,9-10,12-15,19,22,48-49H2,2H3,(H,50,56)(H,51,57)(H,52,55)(H,53,54)/t25?,27?,29?,30?,36-/m0/s1. The van der Waals surface area contributed by atoms with Crippen LogP contribution in [0.4, 0.5) is 27.6 Å². The molecule has 10 nitrogen and oxygen atoms in total. The van der Waals surface area contributed by atoms with Crippen LogP contribution in [0.25, 0.3) is 27.7 Å². The minimum Gasteiger partial charge on any atom is -0.349 e. The number of allylic oxidation sites excluding steroid dienone is 1. The molecule has 2 aliphatic rings. The van der Waals surface area contributed by atoms with Crippen molar-refractivity contribution >= 4 is 40.0 Å². The number of aromatic nitrogens is 2. The first-order valence-corrected chi connectivity index (χ1v) is 19.2. The van der Waals surface area contributed by atoms with E-state index in [-0.39, 0.29) is 53.0 Å². The number of alkyl halides is 5. The summed E-state index contributed by atoms with van der Waals surface area (Å²) in [5.74, 6) is -7.81. The Balaban J connectivity index is 1.20. The number of nitrogens with zero attached hydrogens (tertiary/aromatic N) is 1. The SMILES string of the molecule is C=C(C)c1cc(C(=O)NC2CCC(N)CC2)ccc1-c1ccc(C[C@H](NC(=O)C2CCC(CN)CC2)C(=O)Nc2ccc3nc(C(F)(F)C(F)(F)F)[nH]c3c2)cc1. The van der Waals surface area contributed by atoms with Crippen LogP contribution < -0.4 is 27.4 Å². The van der Waals surface area contributed by atoms with Gasteiger partial charge in [0.1, 0.15) is 6.04 Å². The topological polar surface area (TPSA) is 168 Å². The van der Waals surface area contributed by atoms with E-state index in [1.807, 2.05) is 48.3 Å². The number of H-pyrrole nitrogens is 1. The van der Waals surface area contributed by atoms with Crippen molar-refractivity contribution < 1.29 is 36.3 Å². The minimum absolute atomic E-state index is 0.0791. The molecule has 0 unspecified atom stereocenters. The van der Waals surface area contributed by atoms with Gasteiger partial charge in [-0.05, 0) is 123 Å². The molecule has 0 saturated heterocycles. The molecule has 2 aliphatic carbocycles. The minimum atomic E-state index is -5.86. The zero-order valence-electron chi connectivity index (χ0n) is 31.7. The van der Waals surface area contributed by atoms with Gasteiger partial charge >= 0.3 is 12.1 Å². The number of carbonyl (C=O) groups is 3. The maximum Gasteiger partial charge on any atom is 0.461 e. The molecule has 0 radical (unpaired) electrons. The van der Waals surface area contributed by atoms with Gasteiger partial charge in [0, 0.05) is 35.7 Å². The van der Waals surface area contributed by atoms with E-state index in [4.69, 9.17) is 11.5 Å². The van der Waals surface area contributed by atoms with Crippen LogP contribution in [0.2, 0.25) is 0 Å². The number of imidazole rings is 1. The lowest BCUT2D eigenvalue weighted by atomic mass is 9.81. The molecular weight excluding hydrogens is 745 g/mol. The summed E-state index contributed by atoms with van der Waals surface area (Å²) in [7, 11) is 0. The Morgan fingerprint density at radius 3 is 2.23 bits per heavy atom. The molecule has 1 heterocycles. The van der Waals surface area contributed by atoms with Gasteiger partial charge in [0.05, 0.1) is 11.0 Å². The Morgan fingerprint density at radius 1 is 0.912 bits per heavy atom. The fourth-order valence-corrected chi connectivity index (χ4v) is 7.64. The predicted octanol–water partition coefficient (Wildman–Crippen LogP) is 7.35. The molecule has 1 aromatic heterocycles. The summed E-state index contributed by atoms with van der Waals surface area (Å²) >= 11 is 0. The third-order valence-corrected chi connectivity index (χ3v) is 11.1. The Kier molecular flexibility index (Phi) is 12.5. The molecule has 3 amide bonds. The number of fused-ring (bicyclic) bond motifs is 1. The molecule has 4 aromatic rings. The fourth-order valence-electron chi connectivity index (χ4n) is 7.64. The van der Waals surface area contributed by atoms with Crippen LogP contribution in [0.15, 0.2) is 67.2 Å². The molecule has 0 bridgehead atoms. The molecule has 6 rings (SSSR count). The van der Waals surface area contributed by atoms with Crippen LogP contribution in [0, 0.1) is 11.8 Å². The Morgan fingerprint density at radius 2 is 1.60 bits per heavy atom. The van der Waals surface area contributed by atoms with Crippen LogP contribution in [-0.2, 0) is 21.9 Å². The molecule has 2 saturated carbocycles. The van der Waals surface area contributed by atoms with Crippen molar-refractivity contribution in [2.75, 3.05) is 11.9 Å². The van der Waals surface area contributed by atoms with Gasteiger partial charge in [-0.25, -0.2) is 4.98 Å². The Bertz CT molecular complexity index is 2100. The summed E-state index contributed by atoms with van der Waals surface area (Å²) < 4.78 is 66.9. The highest BCUT2D eigenvalue weighted by atomic mass is 19.4. The third-order valence-electron chi connectivity index (χ3n) is 11.1. The lowest BCUT2D eigenvalue weighted by molar-refractivity contribution is -0.292. The zero-order valence-corrected chi connectivity index (χ0v) is 31.7. The van der Waals surface area contributed by atoms with E-state index in [1.54, 1.807) is 6.07 Å². The second-order valence-corrected chi connectivity index (χ2v) is 15.4. The van der Waals surface area contributed by atoms with Crippen molar-refractivity contribution in [1.82, 2.24) is 20.6 Å². The van der Waals surface area contributed by atoms with Crippen molar-refractivity contribution in [2.45, 2.75) is 94.9 Å². The molecule has 304 valence electrons. The first-order chi connectivity index (χ1) is 27.0. The van der Waals surface area contributed by atoms with Gasteiger partial charge in [-0.15, -0.1) is 0 Å². The van der Waals surface area contributed by atoms with E-state index in [0.717, 1.165) is 60.8 Å². The van der Waals surface area contributed by atoms with Gasteiger partial charge in [0.2, 0.25) is 11.8 Å². The molecular formula is C42H48F5N7O3. The number of halogens is 5. The molecule has 2 fully saturated rings. The molecule has 8 N–H and O–H groups in total. The summed E-state index contributed by atoms with van der Waals surface area (Å²) in [6.45, 7) is 6.54. The van der Waals surface area contributed by atoms with E-state index in [1.165, 1.54) is 18.2 Å². The van der Waals surface area contributed by atoms with E-state index in [2.05, 4.69) is 27.5 Å². The number of aromatic amines is 1. The molecule has 15 heteroatoms. The number of amides is 3. The number of carbonyl (C=O) groups excluding carboxylic acids is 3. The average molecular weight is 794 g/mol. The quantitative estimate of drug-likeness (QED) is 0.0821.